The minimum absolute atomic E-state index is 0.226. The normalized spacial score (nSPS) is 11.7. The molecule has 0 N–H and O–H groups in total. The standard InChI is InChI=1S/C14H16O5S/c1-10-3-5-13(6-4-10)20(18)9-12(16)7-11(15)8-14(17)19-2/h3-6H,7-9H2,1-2H3/t20-/m0/s1. The summed E-state index contributed by atoms with van der Waals surface area (Å²) in [4.78, 5) is 34.4. The molecule has 20 heavy (non-hydrogen) atoms. The molecule has 0 fully saturated rings. The molecule has 0 aromatic heterocycles. The maximum atomic E-state index is 11.9. The monoisotopic (exact) mass is 296 g/mol. The molecule has 0 amide bonds. The van der Waals surface area contributed by atoms with Crippen LogP contribution in [0, 0.1) is 6.92 Å². The molecule has 0 bridgehead atoms. The number of Topliss-reactive ketones (excluding diaryl/α,β-unsaturated/α-hetero) is 2. The fourth-order valence-electron chi connectivity index (χ4n) is 1.49. The second-order valence-electron chi connectivity index (χ2n) is 4.31. The van der Waals surface area contributed by atoms with E-state index in [1.54, 1.807) is 24.3 Å². The molecule has 0 aliphatic rings. The topological polar surface area (TPSA) is 77.5 Å². The number of carbonyl (C=O) groups excluding carboxylic acids is 3. The van der Waals surface area contributed by atoms with Gasteiger partial charge in [0.05, 0.1) is 30.1 Å². The number of ether oxygens (including phenoxy) is 1. The molecular weight excluding hydrogens is 280 g/mol. The Kier molecular flexibility index (Phi) is 6.24. The predicted molar refractivity (Wildman–Crippen MR) is 73.7 cm³/mol. The molecule has 0 heterocycles. The third-order valence-corrected chi connectivity index (χ3v) is 3.92. The summed E-state index contributed by atoms with van der Waals surface area (Å²) in [5, 5.41) is 0. The second-order valence-corrected chi connectivity index (χ2v) is 5.76. The molecule has 1 rings (SSSR count). The van der Waals surface area contributed by atoms with Crippen molar-refractivity contribution in [1.82, 2.24) is 0 Å². The van der Waals surface area contributed by atoms with E-state index in [1.165, 1.54) is 7.11 Å². The molecule has 1 atom stereocenters. The lowest BCUT2D eigenvalue weighted by atomic mass is 10.2. The van der Waals surface area contributed by atoms with Gasteiger partial charge in [-0.2, -0.15) is 0 Å². The van der Waals surface area contributed by atoms with Gasteiger partial charge >= 0.3 is 5.97 Å². The number of methoxy groups -OCH3 is 1. The molecule has 0 aliphatic heterocycles. The number of hydrogen-bond donors (Lipinski definition) is 0. The molecule has 0 spiro atoms. The summed E-state index contributed by atoms with van der Waals surface area (Å²) in [7, 11) is -0.300. The lowest BCUT2D eigenvalue weighted by Crippen LogP contribution is -2.17. The maximum Gasteiger partial charge on any atom is 0.313 e. The average molecular weight is 296 g/mol. The van der Waals surface area contributed by atoms with Gasteiger partial charge in [0.2, 0.25) is 0 Å². The molecule has 0 aliphatic carbocycles. The van der Waals surface area contributed by atoms with Gasteiger partial charge < -0.3 is 4.74 Å². The SMILES string of the molecule is COC(=O)CC(=O)CC(=O)C[S@](=O)c1ccc(C)cc1. The van der Waals surface area contributed by atoms with Crippen LogP contribution in [0.5, 0.6) is 0 Å². The first kappa shape index (κ1) is 16.2. The van der Waals surface area contributed by atoms with Crippen molar-refractivity contribution in [2.45, 2.75) is 24.7 Å². The molecule has 1 aromatic carbocycles. The van der Waals surface area contributed by atoms with E-state index in [0.717, 1.165) is 5.56 Å². The van der Waals surface area contributed by atoms with Crippen molar-refractivity contribution in [3.8, 4) is 0 Å². The Bertz CT molecular complexity index is 533. The van der Waals surface area contributed by atoms with Gasteiger partial charge in [-0.25, -0.2) is 0 Å². The van der Waals surface area contributed by atoms with Crippen molar-refractivity contribution in [1.29, 1.82) is 0 Å². The maximum absolute atomic E-state index is 11.9. The number of rotatable bonds is 7. The van der Waals surface area contributed by atoms with Crippen LogP contribution in [-0.2, 0) is 29.9 Å². The van der Waals surface area contributed by atoms with E-state index in [4.69, 9.17) is 0 Å². The Hall–Kier alpha value is -1.82. The highest BCUT2D eigenvalue weighted by molar-refractivity contribution is 7.85. The molecule has 108 valence electrons. The minimum Gasteiger partial charge on any atom is -0.469 e. The Labute approximate surface area is 119 Å². The van der Waals surface area contributed by atoms with E-state index < -0.39 is 41.2 Å². The van der Waals surface area contributed by atoms with Crippen molar-refractivity contribution < 1.29 is 23.3 Å². The molecule has 5 nitrogen and oxygen atoms in total. The van der Waals surface area contributed by atoms with E-state index in [1.807, 2.05) is 6.92 Å². The zero-order valence-corrected chi connectivity index (χ0v) is 12.2. The Morgan fingerprint density at radius 2 is 1.65 bits per heavy atom. The van der Waals surface area contributed by atoms with Gasteiger partial charge in [-0.15, -0.1) is 0 Å². The van der Waals surface area contributed by atoms with E-state index in [9.17, 15) is 18.6 Å². The van der Waals surface area contributed by atoms with Crippen LogP contribution < -0.4 is 0 Å². The Balaban J connectivity index is 2.50. The van der Waals surface area contributed by atoms with Crippen LogP contribution >= 0.6 is 0 Å². The van der Waals surface area contributed by atoms with Crippen LogP contribution in [0.3, 0.4) is 0 Å². The summed E-state index contributed by atoms with van der Waals surface area (Å²) >= 11 is 0. The van der Waals surface area contributed by atoms with E-state index >= 15 is 0 Å². The van der Waals surface area contributed by atoms with E-state index in [2.05, 4.69) is 4.74 Å². The molecule has 0 unspecified atom stereocenters. The zero-order chi connectivity index (χ0) is 15.1. The summed E-state index contributed by atoms with van der Waals surface area (Å²) in [6.07, 6.45) is -0.827. The first-order valence-corrected chi connectivity index (χ1v) is 7.29. The average Bonchev–Trinajstić information content (AvgIpc) is 2.38. The van der Waals surface area contributed by atoms with Crippen LogP contribution in [0.25, 0.3) is 0 Å². The van der Waals surface area contributed by atoms with Crippen molar-refractivity contribution in [3.05, 3.63) is 29.8 Å². The second kappa shape index (κ2) is 7.69. The molecule has 0 saturated heterocycles. The lowest BCUT2D eigenvalue weighted by molar-refractivity contribution is -0.143. The first-order chi connectivity index (χ1) is 9.42. The van der Waals surface area contributed by atoms with Crippen molar-refractivity contribution in [2.75, 3.05) is 12.9 Å². The highest BCUT2D eigenvalue weighted by atomic mass is 32.2. The zero-order valence-electron chi connectivity index (χ0n) is 11.4. The Morgan fingerprint density at radius 1 is 1.05 bits per heavy atom. The van der Waals surface area contributed by atoms with Crippen molar-refractivity contribution >= 4 is 28.3 Å². The van der Waals surface area contributed by atoms with Gasteiger partial charge in [0, 0.05) is 4.90 Å². The van der Waals surface area contributed by atoms with Crippen LogP contribution in [-0.4, -0.2) is 34.6 Å². The largest absolute Gasteiger partial charge is 0.469 e. The third-order valence-electron chi connectivity index (χ3n) is 2.54. The molecule has 1 aromatic rings. The highest BCUT2D eigenvalue weighted by Crippen LogP contribution is 2.09. The number of benzene rings is 1. The molecule has 6 heteroatoms. The summed E-state index contributed by atoms with van der Waals surface area (Å²) in [5.74, 6) is -1.88. The van der Waals surface area contributed by atoms with Crippen LogP contribution in [0.4, 0.5) is 0 Å². The van der Waals surface area contributed by atoms with Crippen LogP contribution in [0.2, 0.25) is 0 Å². The quantitative estimate of drug-likeness (QED) is 0.558. The molecular formula is C14H16O5S. The first-order valence-electron chi connectivity index (χ1n) is 5.97. The highest BCUT2D eigenvalue weighted by Gasteiger charge is 2.16. The number of carbonyl (C=O) groups is 3. The van der Waals surface area contributed by atoms with Gasteiger partial charge in [0.15, 0.2) is 11.6 Å². The Morgan fingerprint density at radius 3 is 2.20 bits per heavy atom. The fourth-order valence-corrected chi connectivity index (χ4v) is 2.49. The molecule has 0 saturated carbocycles. The summed E-state index contributed by atoms with van der Waals surface area (Å²) in [5.41, 5.74) is 1.03. The third kappa shape index (κ3) is 5.44. The molecule has 0 radical (unpaired) electrons. The predicted octanol–water partition coefficient (Wildman–Crippen LogP) is 1.19. The van der Waals surface area contributed by atoms with Crippen LogP contribution in [0.1, 0.15) is 18.4 Å². The van der Waals surface area contributed by atoms with Gasteiger partial charge in [0.1, 0.15) is 6.42 Å². The van der Waals surface area contributed by atoms with Crippen LogP contribution in [0.15, 0.2) is 29.2 Å². The fraction of sp³-hybridized carbons (Fsp3) is 0.357. The smallest absolute Gasteiger partial charge is 0.313 e. The van der Waals surface area contributed by atoms with E-state index in [0.29, 0.717) is 4.90 Å². The van der Waals surface area contributed by atoms with Gasteiger partial charge in [-0.05, 0) is 19.1 Å². The van der Waals surface area contributed by atoms with Crippen molar-refractivity contribution in [2.24, 2.45) is 0 Å². The van der Waals surface area contributed by atoms with E-state index in [-0.39, 0.29) is 5.75 Å². The minimum atomic E-state index is -1.47. The summed E-state index contributed by atoms with van der Waals surface area (Å²) in [6, 6.07) is 6.99. The van der Waals surface area contributed by atoms with Gasteiger partial charge in [-0.1, -0.05) is 17.7 Å². The summed E-state index contributed by atoms with van der Waals surface area (Å²) < 4.78 is 16.2. The lowest BCUT2D eigenvalue weighted by Gasteiger charge is -2.02. The number of aryl methyl sites for hydroxylation is 1. The van der Waals surface area contributed by atoms with Crippen molar-refractivity contribution in [3.63, 3.8) is 0 Å². The van der Waals surface area contributed by atoms with Gasteiger partial charge in [0.25, 0.3) is 0 Å². The number of esters is 1. The number of hydrogen-bond acceptors (Lipinski definition) is 5. The summed E-state index contributed by atoms with van der Waals surface area (Å²) in [6.45, 7) is 1.91. The number of ketones is 2. The van der Waals surface area contributed by atoms with Gasteiger partial charge in [-0.3, -0.25) is 18.6 Å².